The molecule has 1 atom stereocenters. The van der Waals surface area contributed by atoms with Crippen LogP contribution in [-0.2, 0) is 10.0 Å². The highest BCUT2D eigenvalue weighted by molar-refractivity contribution is 7.89. The summed E-state index contributed by atoms with van der Waals surface area (Å²) in [6, 6.07) is 13.3. The van der Waals surface area contributed by atoms with Gasteiger partial charge in [-0.3, -0.25) is 4.79 Å². The largest absolute Gasteiger partial charge is 0.345 e. The lowest BCUT2D eigenvalue weighted by Crippen LogP contribution is -2.27. The molecular weight excluding hydrogens is 376 g/mol. The van der Waals surface area contributed by atoms with Crippen molar-refractivity contribution in [1.82, 2.24) is 14.9 Å². The van der Waals surface area contributed by atoms with E-state index in [9.17, 15) is 13.2 Å². The molecule has 0 spiro atoms. The molecule has 7 nitrogen and oxygen atoms in total. The van der Waals surface area contributed by atoms with E-state index in [-0.39, 0.29) is 16.8 Å². The van der Waals surface area contributed by atoms with Crippen LogP contribution in [0.25, 0.3) is 5.82 Å². The number of rotatable bonds is 5. The quantitative estimate of drug-likeness (QED) is 0.689. The Hall–Kier alpha value is -2.97. The summed E-state index contributed by atoms with van der Waals surface area (Å²) in [6.07, 6.45) is 1.71. The maximum Gasteiger partial charge on any atom is 0.253 e. The van der Waals surface area contributed by atoms with Crippen LogP contribution in [-0.4, -0.2) is 23.9 Å². The molecule has 3 N–H and O–H groups in total. The highest BCUT2D eigenvalue weighted by Gasteiger charge is 2.19. The van der Waals surface area contributed by atoms with Gasteiger partial charge in [-0.15, -0.1) is 0 Å². The number of hydrogen-bond acceptors (Lipinski definition) is 4. The van der Waals surface area contributed by atoms with Gasteiger partial charge in [0.2, 0.25) is 10.0 Å². The number of aryl methyl sites for hydroxylation is 1. The van der Waals surface area contributed by atoms with Crippen molar-refractivity contribution in [3.8, 4) is 5.82 Å². The van der Waals surface area contributed by atoms with Gasteiger partial charge in [0.25, 0.3) is 5.91 Å². The second-order valence-corrected chi connectivity index (χ2v) is 8.18. The first-order valence-corrected chi connectivity index (χ1v) is 10.3. The third kappa shape index (κ3) is 3.97. The molecule has 146 valence electrons. The zero-order valence-electron chi connectivity index (χ0n) is 15.9. The Bertz CT molecular complexity index is 1100. The fraction of sp³-hybridized carbons (Fsp3) is 0.200. The van der Waals surface area contributed by atoms with E-state index < -0.39 is 10.0 Å². The normalized spacial score (nSPS) is 12.6. The number of nitrogens with zero attached hydrogens (tertiary/aromatic N) is 2. The minimum Gasteiger partial charge on any atom is -0.345 e. The van der Waals surface area contributed by atoms with Crippen LogP contribution in [0.4, 0.5) is 0 Å². The number of aromatic nitrogens is 2. The molecule has 0 bridgehead atoms. The van der Waals surface area contributed by atoms with Gasteiger partial charge in [0.05, 0.1) is 16.5 Å². The van der Waals surface area contributed by atoms with Gasteiger partial charge in [0.15, 0.2) is 0 Å². The molecule has 0 aliphatic carbocycles. The standard InChI is InChI=1S/C20H22N4O3S/c1-13-12-18(15(3)24(13)19-6-4-5-11-22-19)20(25)23-14(2)16-7-9-17(10-8-16)28(21,26)27/h4-12,14H,1-3H3,(H,23,25)(H2,21,26,27). The Balaban J connectivity index is 1.82. The van der Waals surface area contributed by atoms with E-state index in [1.165, 1.54) is 12.1 Å². The van der Waals surface area contributed by atoms with Gasteiger partial charge < -0.3 is 9.88 Å². The van der Waals surface area contributed by atoms with Crippen LogP contribution in [0, 0.1) is 13.8 Å². The minimum atomic E-state index is -3.74. The van der Waals surface area contributed by atoms with Gasteiger partial charge in [0.1, 0.15) is 5.82 Å². The molecular formula is C20H22N4O3S. The fourth-order valence-corrected chi connectivity index (χ4v) is 3.65. The summed E-state index contributed by atoms with van der Waals surface area (Å²) in [5.41, 5.74) is 3.05. The molecule has 3 aromatic rings. The summed E-state index contributed by atoms with van der Waals surface area (Å²) in [5.74, 6) is 0.543. The first kappa shape index (κ1) is 19.8. The molecule has 0 saturated heterocycles. The molecule has 8 heteroatoms. The third-order valence-electron chi connectivity index (χ3n) is 4.61. The first-order chi connectivity index (χ1) is 13.2. The van der Waals surface area contributed by atoms with Crippen molar-refractivity contribution in [3.63, 3.8) is 0 Å². The number of hydrogen-bond donors (Lipinski definition) is 2. The summed E-state index contributed by atoms with van der Waals surface area (Å²) in [4.78, 5) is 17.2. The van der Waals surface area contributed by atoms with Crippen LogP contribution in [0.5, 0.6) is 0 Å². The molecule has 1 aromatic carbocycles. The van der Waals surface area contributed by atoms with Gasteiger partial charge >= 0.3 is 0 Å². The second kappa shape index (κ2) is 7.57. The monoisotopic (exact) mass is 398 g/mol. The van der Waals surface area contributed by atoms with Crippen molar-refractivity contribution in [2.24, 2.45) is 5.14 Å². The number of benzene rings is 1. The zero-order chi connectivity index (χ0) is 20.5. The predicted molar refractivity (Wildman–Crippen MR) is 107 cm³/mol. The number of sulfonamides is 1. The third-order valence-corrected chi connectivity index (χ3v) is 5.54. The van der Waals surface area contributed by atoms with Gasteiger partial charge in [-0.05, 0) is 56.7 Å². The Kier molecular flexibility index (Phi) is 5.35. The second-order valence-electron chi connectivity index (χ2n) is 6.62. The SMILES string of the molecule is Cc1cc(C(=O)NC(C)c2ccc(S(N)(=O)=O)cc2)c(C)n1-c1ccccn1. The number of carbonyl (C=O) groups excluding carboxylic acids is 1. The van der Waals surface area contributed by atoms with Crippen molar-refractivity contribution in [1.29, 1.82) is 0 Å². The molecule has 0 aliphatic rings. The van der Waals surface area contributed by atoms with Crippen LogP contribution in [0.2, 0.25) is 0 Å². The Morgan fingerprint density at radius 2 is 1.82 bits per heavy atom. The minimum absolute atomic E-state index is 0.0358. The number of nitrogens with one attached hydrogen (secondary N) is 1. The van der Waals surface area contributed by atoms with Crippen LogP contribution >= 0.6 is 0 Å². The van der Waals surface area contributed by atoms with Crippen molar-refractivity contribution in [3.05, 3.63) is 77.2 Å². The predicted octanol–water partition coefficient (Wildman–Crippen LogP) is 2.63. The van der Waals surface area contributed by atoms with Crippen molar-refractivity contribution in [2.75, 3.05) is 0 Å². The molecule has 3 rings (SSSR count). The highest BCUT2D eigenvalue weighted by Crippen LogP contribution is 2.21. The summed E-state index contributed by atoms with van der Waals surface area (Å²) in [5, 5.41) is 8.07. The van der Waals surface area contributed by atoms with E-state index in [4.69, 9.17) is 5.14 Å². The van der Waals surface area contributed by atoms with E-state index in [0.717, 1.165) is 22.8 Å². The van der Waals surface area contributed by atoms with E-state index in [0.29, 0.717) is 5.56 Å². The molecule has 2 heterocycles. The maximum atomic E-state index is 12.8. The molecule has 0 radical (unpaired) electrons. The summed E-state index contributed by atoms with van der Waals surface area (Å²) < 4.78 is 24.7. The highest BCUT2D eigenvalue weighted by atomic mass is 32.2. The summed E-state index contributed by atoms with van der Waals surface area (Å²) in [6.45, 7) is 5.64. The Labute approximate surface area is 164 Å². The average molecular weight is 398 g/mol. The number of nitrogens with two attached hydrogens (primary N) is 1. The lowest BCUT2D eigenvalue weighted by molar-refractivity contribution is 0.0939. The lowest BCUT2D eigenvalue weighted by Gasteiger charge is -2.15. The zero-order valence-corrected chi connectivity index (χ0v) is 16.7. The lowest BCUT2D eigenvalue weighted by atomic mass is 10.1. The van der Waals surface area contributed by atoms with Gasteiger partial charge in [-0.2, -0.15) is 0 Å². The van der Waals surface area contributed by atoms with Crippen LogP contribution in [0.1, 0.15) is 40.3 Å². The molecule has 0 saturated carbocycles. The number of carbonyl (C=O) groups is 1. The smallest absolute Gasteiger partial charge is 0.253 e. The molecule has 28 heavy (non-hydrogen) atoms. The average Bonchev–Trinajstić information content (AvgIpc) is 2.96. The topological polar surface area (TPSA) is 107 Å². The van der Waals surface area contributed by atoms with Crippen LogP contribution in [0.3, 0.4) is 0 Å². The van der Waals surface area contributed by atoms with Gasteiger partial charge in [-0.1, -0.05) is 18.2 Å². The van der Waals surface area contributed by atoms with Crippen molar-refractivity contribution < 1.29 is 13.2 Å². The van der Waals surface area contributed by atoms with E-state index in [1.54, 1.807) is 18.3 Å². The van der Waals surface area contributed by atoms with Crippen LogP contribution < -0.4 is 10.5 Å². The van der Waals surface area contributed by atoms with E-state index in [1.807, 2.05) is 49.6 Å². The Morgan fingerprint density at radius 3 is 2.39 bits per heavy atom. The molecule has 1 amide bonds. The number of amides is 1. The maximum absolute atomic E-state index is 12.8. The van der Waals surface area contributed by atoms with Gasteiger partial charge in [0, 0.05) is 17.6 Å². The first-order valence-electron chi connectivity index (χ1n) is 8.72. The van der Waals surface area contributed by atoms with E-state index >= 15 is 0 Å². The molecule has 0 aliphatic heterocycles. The summed E-state index contributed by atoms with van der Waals surface area (Å²) >= 11 is 0. The van der Waals surface area contributed by atoms with Crippen molar-refractivity contribution in [2.45, 2.75) is 31.7 Å². The van der Waals surface area contributed by atoms with Crippen molar-refractivity contribution >= 4 is 15.9 Å². The van der Waals surface area contributed by atoms with E-state index in [2.05, 4.69) is 10.3 Å². The molecule has 1 unspecified atom stereocenters. The summed E-state index contributed by atoms with van der Waals surface area (Å²) in [7, 11) is -3.74. The van der Waals surface area contributed by atoms with Gasteiger partial charge in [-0.25, -0.2) is 18.5 Å². The fourth-order valence-electron chi connectivity index (χ4n) is 3.14. The molecule has 2 aromatic heterocycles. The number of pyridine rings is 1. The Morgan fingerprint density at radius 1 is 1.14 bits per heavy atom. The molecule has 0 fully saturated rings. The number of primary sulfonamides is 1. The van der Waals surface area contributed by atoms with Crippen LogP contribution in [0.15, 0.2) is 59.6 Å².